The fourth-order valence-corrected chi connectivity index (χ4v) is 2.00. The van der Waals surface area contributed by atoms with Gasteiger partial charge in [0.2, 0.25) is 0 Å². The van der Waals surface area contributed by atoms with Crippen molar-refractivity contribution in [2.75, 3.05) is 0 Å². The first-order valence-electron chi connectivity index (χ1n) is 3.80. The number of carbonyl (C=O) groups excluding carboxylic acids is 1. The summed E-state index contributed by atoms with van der Waals surface area (Å²) in [5, 5.41) is 0. The Labute approximate surface area is 55.4 Å². The van der Waals surface area contributed by atoms with Crippen LogP contribution < -0.4 is 0 Å². The van der Waals surface area contributed by atoms with E-state index < -0.39 is 0 Å². The van der Waals surface area contributed by atoms with Crippen LogP contribution in [0.3, 0.4) is 0 Å². The van der Waals surface area contributed by atoms with Crippen LogP contribution in [-0.4, -0.2) is 5.78 Å². The summed E-state index contributed by atoms with van der Waals surface area (Å²) in [5.41, 5.74) is 0. The fraction of sp³-hybridized carbons (Fsp3) is 0.875. The maximum absolute atomic E-state index is 11.0. The second-order valence-electron chi connectivity index (χ2n) is 3.61. The van der Waals surface area contributed by atoms with Gasteiger partial charge in [0.15, 0.2) is 0 Å². The van der Waals surface area contributed by atoms with Gasteiger partial charge in [-0.1, -0.05) is 6.92 Å². The third-order valence-electron chi connectivity index (χ3n) is 2.59. The minimum atomic E-state index is 0.515. The van der Waals surface area contributed by atoms with Crippen LogP contribution in [0.4, 0.5) is 0 Å². The lowest BCUT2D eigenvalue weighted by molar-refractivity contribution is -0.122. The van der Waals surface area contributed by atoms with Crippen molar-refractivity contribution in [3.05, 3.63) is 0 Å². The molecular weight excluding hydrogens is 112 g/mol. The molecule has 0 aliphatic heterocycles. The van der Waals surface area contributed by atoms with Crippen LogP contribution in [0.25, 0.3) is 0 Å². The van der Waals surface area contributed by atoms with E-state index in [1.165, 1.54) is 12.8 Å². The normalized spacial score (nSPS) is 48.6. The lowest BCUT2D eigenvalue weighted by Crippen LogP contribution is -2.14. The number of Topliss-reactive ketones (excluding diaryl/α,β-unsaturated/α-hetero) is 1. The molecule has 3 unspecified atom stereocenters. The van der Waals surface area contributed by atoms with Crippen LogP contribution in [0.5, 0.6) is 0 Å². The Kier molecular flexibility index (Phi) is 0.961. The van der Waals surface area contributed by atoms with Gasteiger partial charge in [-0.05, 0) is 24.7 Å². The standard InChI is InChI=1S/C8H12O/c1-5-2-6-4-7(6)8(9)3-5/h5-7H,2-4H2,1H3. The summed E-state index contributed by atoms with van der Waals surface area (Å²) < 4.78 is 0. The van der Waals surface area contributed by atoms with Crippen LogP contribution in [0, 0.1) is 17.8 Å². The van der Waals surface area contributed by atoms with E-state index in [-0.39, 0.29) is 0 Å². The first kappa shape index (κ1) is 5.45. The van der Waals surface area contributed by atoms with Crippen molar-refractivity contribution in [2.45, 2.75) is 26.2 Å². The Balaban J connectivity index is 2.07. The van der Waals surface area contributed by atoms with E-state index in [1.807, 2.05) is 0 Å². The molecule has 1 nitrogen and oxygen atoms in total. The summed E-state index contributed by atoms with van der Waals surface area (Å²) in [7, 11) is 0. The molecule has 1 heteroatoms. The average molecular weight is 124 g/mol. The van der Waals surface area contributed by atoms with Gasteiger partial charge in [-0.25, -0.2) is 0 Å². The first-order valence-corrected chi connectivity index (χ1v) is 3.80. The van der Waals surface area contributed by atoms with Crippen molar-refractivity contribution in [1.29, 1.82) is 0 Å². The maximum atomic E-state index is 11.0. The summed E-state index contributed by atoms with van der Waals surface area (Å²) >= 11 is 0. The predicted octanol–water partition coefficient (Wildman–Crippen LogP) is 1.62. The molecule has 0 heterocycles. The Morgan fingerprint density at radius 1 is 1.44 bits per heavy atom. The van der Waals surface area contributed by atoms with Gasteiger partial charge in [0, 0.05) is 12.3 Å². The maximum Gasteiger partial charge on any atom is 0.136 e. The van der Waals surface area contributed by atoms with Crippen LogP contribution in [-0.2, 0) is 4.79 Å². The SMILES string of the molecule is CC1CC(=O)C2CC2C1. The quantitative estimate of drug-likeness (QED) is 0.479. The molecule has 50 valence electrons. The van der Waals surface area contributed by atoms with Gasteiger partial charge in [-0.15, -0.1) is 0 Å². The molecule has 0 saturated heterocycles. The molecule has 3 atom stereocenters. The smallest absolute Gasteiger partial charge is 0.136 e. The number of ketones is 1. The number of hydrogen-bond donors (Lipinski definition) is 0. The van der Waals surface area contributed by atoms with Crippen LogP contribution in [0.1, 0.15) is 26.2 Å². The molecule has 0 amide bonds. The highest BCUT2D eigenvalue weighted by atomic mass is 16.1. The summed E-state index contributed by atoms with van der Waals surface area (Å²) in [6.45, 7) is 2.19. The highest BCUT2D eigenvalue weighted by Crippen LogP contribution is 2.49. The minimum Gasteiger partial charge on any atom is -0.299 e. The third-order valence-corrected chi connectivity index (χ3v) is 2.59. The Bertz CT molecular complexity index is 151. The lowest BCUT2D eigenvalue weighted by atomic mass is 9.90. The largest absolute Gasteiger partial charge is 0.299 e. The van der Waals surface area contributed by atoms with Crippen LogP contribution in [0.2, 0.25) is 0 Å². The molecule has 2 aliphatic carbocycles. The van der Waals surface area contributed by atoms with E-state index in [2.05, 4.69) is 6.92 Å². The lowest BCUT2D eigenvalue weighted by Gasteiger charge is -2.14. The van der Waals surface area contributed by atoms with Crippen molar-refractivity contribution in [3.8, 4) is 0 Å². The molecule has 0 aromatic heterocycles. The second-order valence-corrected chi connectivity index (χ2v) is 3.61. The molecule has 9 heavy (non-hydrogen) atoms. The fourth-order valence-electron chi connectivity index (χ4n) is 2.00. The third kappa shape index (κ3) is 0.790. The number of rotatable bonds is 0. The van der Waals surface area contributed by atoms with Gasteiger partial charge in [-0.2, -0.15) is 0 Å². The van der Waals surface area contributed by atoms with Gasteiger partial charge >= 0.3 is 0 Å². The Morgan fingerprint density at radius 2 is 2.22 bits per heavy atom. The topological polar surface area (TPSA) is 17.1 Å². The zero-order chi connectivity index (χ0) is 6.43. The van der Waals surface area contributed by atoms with E-state index >= 15 is 0 Å². The molecule has 0 bridgehead atoms. The second kappa shape index (κ2) is 1.59. The molecule has 2 aliphatic rings. The van der Waals surface area contributed by atoms with Crippen molar-refractivity contribution >= 4 is 5.78 Å². The molecule has 0 N–H and O–H groups in total. The highest BCUT2D eigenvalue weighted by molar-refractivity contribution is 5.84. The molecule has 0 radical (unpaired) electrons. The van der Waals surface area contributed by atoms with Gasteiger partial charge in [-0.3, -0.25) is 4.79 Å². The summed E-state index contributed by atoms with van der Waals surface area (Å²) in [6.07, 6.45) is 3.39. The van der Waals surface area contributed by atoms with E-state index in [1.54, 1.807) is 0 Å². The van der Waals surface area contributed by atoms with Gasteiger partial charge in [0.25, 0.3) is 0 Å². The molecule has 2 fully saturated rings. The van der Waals surface area contributed by atoms with Gasteiger partial charge in [0.1, 0.15) is 5.78 Å². The molecule has 2 saturated carbocycles. The molecule has 0 aromatic rings. The van der Waals surface area contributed by atoms with E-state index in [0.717, 1.165) is 12.3 Å². The number of carbonyl (C=O) groups is 1. The zero-order valence-corrected chi connectivity index (χ0v) is 5.76. The van der Waals surface area contributed by atoms with Crippen LogP contribution >= 0.6 is 0 Å². The number of hydrogen-bond acceptors (Lipinski definition) is 1. The van der Waals surface area contributed by atoms with E-state index in [4.69, 9.17) is 0 Å². The van der Waals surface area contributed by atoms with Crippen LogP contribution in [0.15, 0.2) is 0 Å². The monoisotopic (exact) mass is 124 g/mol. The van der Waals surface area contributed by atoms with Crippen molar-refractivity contribution in [2.24, 2.45) is 17.8 Å². The summed E-state index contributed by atoms with van der Waals surface area (Å²) in [6, 6.07) is 0. The highest BCUT2D eigenvalue weighted by Gasteiger charge is 2.46. The van der Waals surface area contributed by atoms with E-state index in [9.17, 15) is 4.79 Å². The van der Waals surface area contributed by atoms with E-state index in [0.29, 0.717) is 17.6 Å². The molecule has 0 spiro atoms. The Hall–Kier alpha value is -0.330. The number of fused-ring (bicyclic) bond motifs is 1. The zero-order valence-electron chi connectivity index (χ0n) is 5.76. The van der Waals surface area contributed by atoms with Crippen molar-refractivity contribution in [3.63, 3.8) is 0 Å². The predicted molar refractivity (Wildman–Crippen MR) is 35.0 cm³/mol. The van der Waals surface area contributed by atoms with Crippen molar-refractivity contribution in [1.82, 2.24) is 0 Å². The Morgan fingerprint density at radius 3 is 2.89 bits per heavy atom. The van der Waals surface area contributed by atoms with Gasteiger partial charge < -0.3 is 0 Å². The molecule has 0 aromatic carbocycles. The summed E-state index contributed by atoms with van der Waals surface area (Å²) in [4.78, 5) is 11.0. The molecule has 2 rings (SSSR count). The average Bonchev–Trinajstić information content (AvgIpc) is 2.43. The molecular formula is C8H12O. The first-order chi connectivity index (χ1) is 4.27. The van der Waals surface area contributed by atoms with Crippen molar-refractivity contribution < 1.29 is 4.79 Å². The van der Waals surface area contributed by atoms with Gasteiger partial charge in [0.05, 0.1) is 0 Å². The summed E-state index contributed by atoms with van der Waals surface area (Å²) in [5.74, 6) is 2.54. The minimum absolute atomic E-state index is 0.515.